The zero-order chi connectivity index (χ0) is 26.9. The number of phenols is 1. The van der Waals surface area contributed by atoms with Crippen molar-refractivity contribution >= 4 is 33.2 Å². The molecule has 1 heterocycles. The molecule has 2 aromatic rings. The highest BCUT2D eigenvalue weighted by molar-refractivity contribution is 9.10. The van der Waals surface area contributed by atoms with Crippen molar-refractivity contribution in [2.75, 3.05) is 12.0 Å². The number of nitrogens with zero attached hydrogens (tertiary/aromatic N) is 1. The number of allylic oxidation sites excluding steroid dienone is 4. The van der Waals surface area contributed by atoms with Crippen LogP contribution in [-0.2, 0) is 9.59 Å². The van der Waals surface area contributed by atoms with Gasteiger partial charge in [-0.3, -0.25) is 9.59 Å². The minimum atomic E-state index is -0.510. The van der Waals surface area contributed by atoms with Crippen LogP contribution in [0.4, 0.5) is 5.69 Å². The molecule has 5 nitrogen and oxygen atoms in total. The number of phenolic OH excluding ortho intramolecular Hbond substituents is 1. The van der Waals surface area contributed by atoms with Crippen LogP contribution in [0.5, 0.6) is 11.5 Å². The number of carbonyl (C=O) groups is 2. The fourth-order valence-electron chi connectivity index (χ4n) is 6.29. The molecule has 0 amide bonds. The van der Waals surface area contributed by atoms with Crippen molar-refractivity contribution in [1.29, 1.82) is 0 Å². The maximum Gasteiger partial charge on any atom is 0.172 e. The van der Waals surface area contributed by atoms with Crippen LogP contribution in [0.2, 0.25) is 0 Å². The summed E-state index contributed by atoms with van der Waals surface area (Å²) < 4.78 is 5.93. The Bertz CT molecular complexity index is 1340. The van der Waals surface area contributed by atoms with Crippen LogP contribution < -0.4 is 9.64 Å². The molecule has 0 aromatic heterocycles. The van der Waals surface area contributed by atoms with Crippen LogP contribution in [0.1, 0.15) is 70.4 Å². The average molecular weight is 565 g/mol. The lowest BCUT2D eigenvalue weighted by atomic mass is 9.63. The standard InChI is InChI=1S/C31H34BrNO4/c1-17-8-7-9-19(10-17)33-21-13-30(2,3)15-23(34)27(21)26(18-11-20(32)29(36)25(12-18)37-6)28-22(33)14-31(4,5)16-24(28)35/h7-12,26,36H,13-16H2,1-6H3. The van der Waals surface area contributed by atoms with E-state index in [9.17, 15) is 14.7 Å². The summed E-state index contributed by atoms with van der Waals surface area (Å²) in [6.45, 7) is 10.6. The Morgan fingerprint density at radius 2 is 1.49 bits per heavy atom. The number of methoxy groups -OCH3 is 1. The quantitative estimate of drug-likeness (QED) is 0.422. The molecule has 2 aromatic carbocycles. The first kappa shape index (κ1) is 25.8. The number of aromatic hydroxyl groups is 1. The first-order chi connectivity index (χ1) is 17.3. The molecule has 0 spiro atoms. The minimum Gasteiger partial charge on any atom is -0.503 e. The first-order valence-corrected chi connectivity index (χ1v) is 13.6. The SMILES string of the molecule is COc1cc(C2C3=C(CC(C)(C)CC3=O)N(c3cccc(C)c3)C3=C2C(=O)CC(C)(C)C3)cc(Br)c1O. The van der Waals surface area contributed by atoms with Gasteiger partial charge < -0.3 is 14.7 Å². The maximum atomic E-state index is 14.0. The normalized spacial score (nSPS) is 21.2. The number of halogens is 1. The van der Waals surface area contributed by atoms with Crippen LogP contribution in [0.3, 0.4) is 0 Å². The lowest BCUT2D eigenvalue weighted by Gasteiger charge is -2.49. The predicted octanol–water partition coefficient (Wildman–Crippen LogP) is 7.36. The van der Waals surface area contributed by atoms with E-state index in [1.807, 2.05) is 12.1 Å². The monoisotopic (exact) mass is 563 g/mol. The molecule has 5 rings (SSSR count). The molecular weight excluding hydrogens is 530 g/mol. The third-order valence-electron chi connectivity index (χ3n) is 7.77. The summed E-state index contributed by atoms with van der Waals surface area (Å²) in [7, 11) is 1.50. The van der Waals surface area contributed by atoms with Gasteiger partial charge in [0.05, 0.1) is 11.6 Å². The summed E-state index contributed by atoms with van der Waals surface area (Å²) in [5, 5.41) is 10.5. The van der Waals surface area contributed by atoms with Gasteiger partial charge in [0.1, 0.15) is 0 Å². The fraction of sp³-hybridized carbons (Fsp3) is 0.419. The van der Waals surface area contributed by atoms with E-state index in [1.54, 1.807) is 6.07 Å². The lowest BCUT2D eigenvalue weighted by Crippen LogP contribution is -2.44. The molecule has 0 fully saturated rings. The smallest absolute Gasteiger partial charge is 0.172 e. The van der Waals surface area contributed by atoms with Gasteiger partial charge in [-0.05, 0) is 81.9 Å². The van der Waals surface area contributed by atoms with Gasteiger partial charge in [0.15, 0.2) is 23.1 Å². The van der Waals surface area contributed by atoms with E-state index >= 15 is 0 Å². The zero-order valence-corrected chi connectivity index (χ0v) is 24.0. The molecule has 2 aliphatic carbocycles. The number of anilines is 1. The Morgan fingerprint density at radius 3 is 2.00 bits per heavy atom. The van der Waals surface area contributed by atoms with Crippen LogP contribution in [0, 0.1) is 17.8 Å². The fourth-order valence-corrected chi connectivity index (χ4v) is 6.75. The van der Waals surface area contributed by atoms with E-state index in [0.717, 1.165) is 41.1 Å². The van der Waals surface area contributed by atoms with Gasteiger partial charge in [0, 0.05) is 47.0 Å². The maximum absolute atomic E-state index is 14.0. The van der Waals surface area contributed by atoms with Gasteiger partial charge in [0.2, 0.25) is 0 Å². The van der Waals surface area contributed by atoms with Gasteiger partial charge in [-0.1, -0.05) is 39.8 Å². The van der Waals surface area contributed by atoms with Crippen molar-refractivity contribution in [2.45, 2.75) is 66.2 Å². The van der Waals surface area contributed by atoms with E-state index in [2.05, 4.69) is 73.6 Å². The van der Waals surface area contributed by atoms with Gasteiger partial charge >= 0.3 is 0 Å². The van der Waals surface area contributed by atoms with E-state index in [-0.39, 0.29) is 28.1 Å². The van der Waals surface area contributed by atoms with Crippen molar-refractivity contribution in [3.63, 3.8) is 0 Å². The highest BCUT2D eigenvalue weighted by atomic mass is 79.9. The molecule has 0 radical (unpaired) electrons. The largest absolute Gasteiger partial charge is 0.503 e. The molecule has 6 heteroatoms. The Morgan fingerprint density at radius 1 is 0.919 bits per heavy atom. The summed E-state index contributed by atoms with van der Waals surface area (Å²) >= 11 is 3.46. The van der Waals surface area contributed by atoms with Gasteiger partial charge in [-0.2, -0.15) is 0 Å². The molecular formula is C31H34BrNO4. The lowest BCUT2D eigenvalue weighted by molar-refractivity contribution is -0.119. The molecule has 0 unspecified atom stereocenters. The Balaban J connectivity index is 1.86. The summed E-state index contributed by atoms with van der Waals surface area (Å²) in [4.78, 5) is 30.2. The second kappa shape index (κ2) is 8.87. The summed E-state index contributed by atoms with van der Waals surface area (Å²) in [5.41, 5.74) is 5.79. The molecule has 0 bridgehead atoms. The number of hydrogen-bond donors (Lipinski definition) is 1. The molecule has 1 N–H and O–H groups in total. The van der Waals surface area contributed by atoms with Crippen molar-refractivity contribution in [2.24, 2.45) is 10.8 Å². The van der Waals surface area contributed by atoms with E-state index in [0.29, 0.717) is 34.2 Å². The third-order valence-corrected chi connectivity index (χ3v) is 8.38. The first-order valence-electron chi connectivity index (χ1n) is 12.8. The summed E-state index contributed by atoms with van der Waals surface area (Å²) in [6, 6.07) is 11.9. The topological polar surface area (TPSA) is 66.8 Å². The predicted molar refractivity (Wildman–Crippen MR) is 149 cm³/mol. The molecule has 194 valence electrons. The number of Topliss-reactive ketones (excluding diaryl/α,β-unsaturated/α-hetero) is 2. The number of rotatable bonds is 3. The second-order valence-electron chi connectivity index (χ2n) is 12.3. The van der Waals surface area contributed by atoms with Crippen molar-refractivity contribution < 1.29 is 19.4 Å². The second-order valence-corrected chi connectivity index (χ2v) is 13.1. The number of ether oxygens (including phenoxy) is 1. The van der Waals surface area contributed by atoms with Crippen molar-refractivity contribution in [1.82, 2.24) is 0 Å². The Kier molecular flexibility index (Phi) is 6.18. The number of carbonyl (C=O) groups excluding carboxylic acids is 2. The average Bonchev–Trinajstić information content (AvgIpc) is 2.78. The molecule has 0 atom stereocenters. The Labute approximate surface area is 227 Å². The van der Waals surface area contributed by atoms with Crippen LogP contribution >= 0.6 is 15.9 Å². The minimum absolute atomic E-state index is 0.000870. The molecule has 3 aliphatic rings. The van der Waals surface area contributed by atoms with Crippen LogP contribution in [0.25, 0.3) is 0 Å². The number of hydrogen-bond acceptors (Lipinski definition) is 5. The number of benzene rings is 2. The summed E-state index contributed by atoms with van der Waals surface area (Å²) in [5.74, 6) is -0.0624. The molecule has 1 aliphatic heterocycles. The molecule has 37 heavy (non-hydrogen) atoms. The van der Waals surface area contributed by atoms with E-state index in [1.165, 1.54) is 7.11 Å². The molecule has 0 saturated carbocycles. The molecule has 0 saturated heterocycles. The van der Waals surface area contributed by atoms with E-state index < -0.39 is 5.92 Å². The highest BCUT2D eigenvalue weighted by Gasteiger charge is 2.49. The van der Waals surface area contributed by atoms with Gasteiger partial charge in [0.25, 0.3) is 0 Å². The third kappa shape index (κ3) is 4.43. The van der Waals surface area contributed by atoms with Gasteiger partial charge in [-0.15, -0.1) is 0 Å². The summed E-state index contributed by atoms with van der Waals surface area (Å²) in [6.07, 6.45) is 2.28. The highest BCUT2D eigenvalue weighted by Crippen LogP contribution is 2.56. The number of aryl methyl sites for hydroxylation is 1. The van der Waals surface area contributed by atoms with Gasteiger partial charge in [-0.25, -0.2) is 0 Å². The van der Waals surface area contributed by atoms with Crippen molar-refractivity contribution in [3.8, 4) is 11.5 Å². The van der Waals surface area contributed by atoms with Crippen LogP contribution in [0.15, 0.2) is 63.4 Å². The van der Waals surface area contributed by atoms with Crippen molar-refractivity contribution in [3.05, 3.63) is 74.5 Å². The Hall–Kier alpha value is -2.86. The van der Waals surface area contributed by atoms with E-state index in [4.69, 9.17) is 4.74 Å². The van der Waals surface area contributed by atoms with Crippen LogP contribution in [-0.4, -0.2) is 23.8 Å². The number of ketones is 2. The zero-order valence-electron chi connectivity index (χ0n) is 22.4.